The van der Waals surface area contributed by atoms with Crippen molar-refractivity contribution in [2.24, 2.45) is 11.7 Å². The molecule has 0 spiro atoms. The first-order valence-electron chi connectivity index (χ1n) is 3.51. The van der Waals surface area contributed by atoms with Crippen LogP contribution >= 0.6 is 11.3 Å². The SMILES string of the molecule is NCC1CC1c1nccs1. The van der Waals surface area contributed by atoms with Crippen LogP contribution in [0.3, 0.4) is 0 Å². The maximum atomic E-state index is 5.51. The molecule has 0 radical (unpaired) electrons. The Kier molecular flexibility index (Phi) is 1.47. The second-order valence-corrected chi connectivity index (χ2v) is 3.63. The molecule has 0 saturated heterocycles. The molecule has 1 fully saturated rings. The zero-order valence-corrected chi connectivity index (χ0v) is 6.47. The highest BCUT2D eigenvalue weighted by molar-refractivity contribution is 7.09. The first-order valence-corrected chi connectivity index (χ1v) is 4.39. The lowest BCUT2D eigenvalue weighted by molar-refractivity contribution is 0.806. The summed E-state index contributed by atoms with van der Waals surface area (Å²) < 4.78 is 0. The van der Waals surface area contributed by atoms with E-state index in [4.69, 9.17) is 5.73 Å². The molecule has 54 valence electrons. The summed E-state index contributed by atoms with van der Waals surface area (Å²) in [4.78, 5) is 4.24. The molecule has 1 heterocycles. The van der Waals surface area contributed by atoms with E-state index >= 15 is 0 Å². The number of nitrogens with two attached hydrogens (primary N) is 1. The van der Waals surface area contributed by atoms with Gasteiger partial charge in [-0.25, -0.2) is 4.98 Å². The minimum absolute atomic E-state index is 0.699. The van der Waals surface area contributed by atoms with E-state index in [0.29, 0.717) is 5.92 Å². The summed E-state index contributed by atoms with van der Waals surface area (Å²) in [7, 11) is 0. The van der Waals surface area contributed by atoms with Crippen molar-refractivity contribution >= 4 is 11.3 Å². The van der Waals surface area contributed by atoms with E-state index in [-0.39, 0.29) is 0 Å². The van der Waals surface area contributed by atoms with Gasteiger partial charge in [0, 0.05) is 17.5 Å². The summed E-state index contributed by atoms with van der Waals surface area (Å²) in [6.07, 6.45) is 3.12. The van der Waals surface area contributed by atoms with Crippen LogP contribution in [-0.2, 0) is 0 Å². The molecule has 1 saturated carbocycles. The number of aromatic nitrogens is 1. The highest BCUT2D eigenvalue weighted by atomic mass is 32.1. The largest absolute Gasteiger partial charge is 0.330 e. The smallest absolute Gasteiger partial charge is 0.0959 e. The molecule has 2 N–H and O–H groups in total. The summed E-state index contributed by atoms with van der Waals surface area (Å²) in [6, 6.07) is 0. The molecule has 1 aliphatic rings. The molecule has 2 atom stereocenters. The topological polar surface area (TPSA) is 38.9 Å². The number of rotatable bonds is 2. The third kappa shape index (κ3) is 0.954. The van der Waals surface area contributed by atoms with E-state index in [9.17, 15) is 0 Å². The van der Waals surface area contributed by atoms with Gasteiger partial charge in [-0.1, -0.05) is 0 Å². The zero-order chi connectivity index (χ0) is 6.97. The van der Waals surface area contributed by atoms with E-state index in [1.807, 2.05) is 11.6 Å². The Hall–Kier alpha value is -0.410. The first kappa shape index (κ1) is 6.31. The summed E-state index contributed by atoms with van der Waals surface area (Å²) in [5.74, 6) is 1.43. The van der Waals surface area contributed by atoms with Crippen molar-refractivity contribution in [3.63, 3.8) is 0 Å². The lowest BCUT2D eigenvalue weighted by Crippen LogP contribution is -2.01. The molecule has 2 nitrogen and oxygen atoms in total. The van der Waals surface area contributed by atoms with E-state index < -0.39 is 0 Å². The van der Waals surface area contributed by atoms with Crippen LogP contribution < -0.4 is 5.73 Å². The van der Waals surface area contributed by atoms with Gasteiger partial charge in [0.1, 0.15) is 0 Å². The van der Waals surface area contributed by atoms with Gasteiger partial charge in [0.05, 0.1) is 5.01 Å². The molecule has 1 aromatic rings. The number of thiazole rings is 1. The van der Waals surface area contributed by atoms with Gasteiger partial charge >= 0.3 is 0 Å². The molecule has 1 aromatic heterocycles. The highest BCUT2D eigenvalue weighted by Gasteiger charge is 2.38. The fourth-order valence-electron chi connectivity index (χ4n) is 1.23. The van der Waals surface area contributed by atoms with Crippen molar-refractivity contribution in [2.45, 2.75) is 12.3 Å². The maximum Gasteiger partial charge on any atom is 0.0959 e. The van der Waals surface area contributed by atoms with Crippen LogP contribution in [0.4, 0.5) is 0 Å². The molecular weight excluding hydrogens is 144 g/mol. The highest BCUT2D eigenvalue weighted by Crippen LogP contribution is 2.47. The Bertz CT molecular complexity index is 207. The van der Waals surface area contributed by atoms with Gasteiger partial charge in [0.25, 0.3) is 0 Å². The Morgan fingerprint density at radius 3 is 3.20 bits per heavy atom. The molecule has 1 aliphatic carbocycles. The van der Waals surface area contributed by atoms with Gasteiger partial charge in [-0.05, 0) is 18.9 Å². The molecule has 2 rings (SSSR count). The van der Waals surface area contributed by atoms with Crippen LogP contribution in [0.1, 0.15) is 17.3 Å². The van der Waals surface area contributed by atoms with Crippen LogP contribution in [0, 0.1) is 5.92 Å². The predicted octanol–water partition coefficient (Wildman–Crippen LogP) is 1.21. The molecular formula is C7H10N2S. The minimum atomic E-state index is 0.699. The van der Waals surface area contributed by atoms with Crippen LogP contribution in [0.5, 0.6) is 0 Å². The minimum Gasteiger partial charge on any atom is -0.330 e. The fourth-order valence-corrected chi connectivity index (χ4v) is 2.07. The van der Waals surface area contributed by atoms with Crippen LogP contribution in [-0.4, -0.2) is 11.5 Å². The Morgan fingerprint density at radius 2 is 2.70 bits per heavy atom. The lowest BCUT2D eigenvalue weighted by Gasteiger charge is -1.88. The van der Waals surface area contributed by atoms with E-state index in [1.54, 1.807) is 11.3 Å². The third-order valence-corrected chi connectivity index (χ3v) is 2.90. The van der Waals surface area contributed by atoms with Gasteiger partial charge in [0.2, 0.25) is 0 Å². The summed E-state index contributed by atoms with van der Waals surface area (Å²) in [5, 5.41) is 3.30. The Balaban J connectivity index is 2.05. The van der Waals surface area contributed by atoms with E-state index in [1.165, 1.54) is 11.4 Å². The lowest BCUT2D eigenvalue weighted by atomic mass is 10.3. The number of hydrogen-bond acceptors (Lipinski definition) is 3. The first-order chi connectivity index (χ1) is 4.92. The average Bonchev–Trinajstić information content (AvgIpc) is 2.56. The van der Waals surface area contributed by atoms with Crippen molar-refractivity contribution in [3.8, 4) is 0 Å². The molecule has 2 unspecified atom stereocenters. The van der Waals surface area contributed by atoms with Crippen LogP contribution in [0.25, 0.3) is 0 Å². The maximum absolute atomic E-state index is 5.51. The molecule has 0 amide bonds. The van der Waals surface area contributed by atoms with E-state index in [2.05, 4.69) is 4.98 Å². The van der Waals surface area contributed by atoms with Crippen molar-refractivity contribution in [1.82, 2.24) is 4.98 Å². The normalized spacial score (nSPS) is 30.5. The zero-order valence-electron chi connectivity index (χ0n) is 5.66. The quantitative estimate of drug-likeness (QED) is 0.695. The van der Waals surface area contributed by atoms with Gasteiger partial charge in [-0.15, -0.1) is 11.3 Å². The predicted molar refractivity (Wildman–Crippen MR) is 42.0 cm³/mol. The molecule has 3 heteroatoms. The average molecular weight is 154 g/mol. The molecule has 0 aliphatic heterocycles. The van der Waals surface area contributed by atoms with Crippen molar-refractivity contribution in [2.75, 3.05) is 6.54 Å². The second kappa shape index (κ2) is 2.32. The summed E-state index contributed by atoms with van der Waals surface area (Å²) in [5.41, 5.74) is 5.51. The second-order valence-electron chi connectivity index (χ2n) is 2.71. The summed E-state index contributed by atoms with van der Waals surface area (Å²) in [6.45, 7) is 0.824. The summed E-state index contributed by atoms with van der Waals surface area (Å²) >= 11 is 1.75. The monoisotopic (exact) mass is 154 g/mol. The van der Waals surface area contributed by atoms with Crippen molar-refractivity contribution in [3.05, 3.63) is 16.6 Å². The van der Waals surface area contributed by atoms with Crippen LogP contribution in [0.2, 0.25) is 0 Å². The number of nitrogens with zero attached hydrogens (tertiary/aromatic N) is 1. The van der Waals surface area contributed by atoms with Gasteiger partial charge in [-0.2, -0.15) is 0 Å². The van der Waals surface area contributed by atoms with E-state index in [0.717, 1.165) is 12.5 Å². The van der Waals surface area contributed by atoms with Crippen molar-refractivity contribution in [1.29, 1.82) is 0 Å². The molecule has 0 bridgehead atoms. The molecule has 10 heavy (non-hydrogen) atoms. The third-order valence-electron chi connectivity index (χ3n) is 1.99. The van der Waals surface area contributed by atoms with Gasteiger partial charge in [-0.3, -0.25) is 0 Å². The van der Waals surface area contributed by atoms with Gasteiger partial charge in [0.15, 0.2) is 0 Å². The number of hydrogen-bond donors (Lipinski definition) is 1. The van der Waals surface area contributed by atoms with Crippen molar-refractivity contribution < 1.29 is 0 Å². The molecule has 0 aromatic carbocycles. The standard InChI is InChI=1S/C7H10N2S/c8-4-5-3-6(5)7-9-1-2-10-7/h1-2,5-6H,3-4,8H2. The van der Waals surface area contributed by atoms with Gasteiger partial charge < -0.3 is 5.73 Å². The fraction of sp³-hybridized carbons (Fsp3) is 0.571. The van der Waals surface area contributed by atoms with Crippen LogP contribution in [0.15, 0.2) is 11.6 Å². The Labute approximate surface area is 64.1 Å². The Morgan fingerprint density at radius 1 is 1.80 bits per heavy atom.